The molecule has 0 bridgehead atoms. The van der Waals surface area contributed by atoms with Gasteiger partial charge in [0.05, 0.1) is 18.0 Å². The van der Waals surface area contributed by atoms with Gasteiger partial charge in [-0.2, -0.15) is 0 Å². The van der Waals surface area contributed by atoms with E-state index in [0.29, 0.717) is 0 Å². The Morgan fingerprint density at radius 1 is 1.12 bits per heavy atom. The average molecular weight is 378 g/mol. The number of anilines is 1. The zero-order chi connectivity index (χ0) is 19.3. The summed E-state index contributed by atoms with van der Waals surface area (Å²) in [6.45, 7) is 3.53. The van der Waals surface area contributed by atoms with Crippen LogP contribution in [0.25, 0.3) is 0 Å². The van der Waals surface area contributed by atoms with E-state index in [1.165, 1.54) is 17.7 Å². The van der Waals surface area contributed by atoms with Crippen LogP contribution in [0.4, 0.5) is 10.1 Å². The number of sulfonamides is 1. The van der Waals surface area contributed by atoms with Gasteiger partial charge in [0.1, 0.15) is 12.4 Å². The van der Waals surface area contributed by atoms with E-state index in [0.717, 1.165) is 34.7 Å². The van der Waals surface area contributed by atoms with Crippen LogP contribution < -0.4 is 9.62 Å². The minimum absolute atomic E-state index is 0.240. The molecule has 1 atom stereocenters. The van der Waals surface area contributed by atoms with Crippen molar-refractivity contribution in [2.24, 2.45) is 0 Å². The highest BCUT2D eigenvalue weighted by atomic mass is 32.2. The van der Waals surface area contributed by atoms with Gasteiger partial charge in [-0.1, -0.05) is 31.2 Å². The lowest BCUT2D eigenvalue weighted by atomic mass is 10.1. The second kappa shape index (κ2) is 8.31. The Labute approximate surface area is 153 Å². The fraction of sp³-hybridized carbons (Fsp3) is 0.316. The van der Waals surface area contributed by atoms with E-state index < -0.39 is 21.7 Å². The van der Waals surface area contributed by atoms with E-state index in [1.54, 1.807) is 0 Å². The molecule has 2 rings (SSSR count). The Kier molecular flexibility index (Phi) is 6.37. The van der Waals surface area contributed by atoms with Gasteiger partial charge in [0.25, 0.3) is 0 Å². The van der Waals surface area contributed by atoms with Crippen LogP contribution in [-0.4, -0.2) is 27.1 Å². The first-order valence-corrected chi connectivity index (χ1v) is 10.2. The summed E-state index contributed by atoms with van der Waals surface area (Å²) in [6.07, 6.45) is 1.94. The number of nitrogens with one attached hydrogen (secondary N) is 1. The highest BCUT2D eigenvalue weighted by Crippen LogP contribution is 2.18. The molecule has 0 aromatic heterocycles. The summed E-state index contributed by atoms with van der Waals surface area (Å²) >= 11 is 0. The van der Waals surface area contributed by atoms with E-state index in [-0.39, 0.29) is 18.3 Å². The van der Waals surface area contributed by atoms with Crippen molar-refractivity contribution in [2.45, 2.75) is 26.3 Å². The molecule has 0 heterocycles. The lowest BCUT2D eigenvalue weighted by molar-refractivity contribution is -0.120. The minimum atomic E-state index is -3.69. The highest BCUT2D eigenvalue weighted by molar-refractivity contribution is 7.92. The maximum atomic E-state index is 13.1. The van der Waals surface area contributed by atoms with Gasteiger partial charge >= 0.3 is 0 Å². The first-order chi connectivity index (χ1) is 12.2. The zero-order valence-electron chi connectivity index (χ0n) is 15.1. The Hall–Kier alpha value is -2.41. The zero-order valence-corrected chi connectivity index (χ0v) is 15.9. The molecule has 0 saturated heterocycles. The number of benzene rings is 2. The van der Waals surface area contributed by atoms with Crippen molar-refractivity contribution in [3.63, 3.8) is 0 Å². The molecule has 0 aliphatic heterocycles. The van der Waals surface area contributed by atoms with Crippen molar-refractivity contribution in [2.75, 3.05) is 17.1 Å². The average Bonchev–Trinajstić information content (AvgIpc) is 2.59. The van der Waals surface area contributed by atoms with Crippen molar-refractivity contribution in [1.29, 1.82) is 0 Å². The molecule has 1 amide bonds. The number of carbonyl (C=O) groups is 1. The van der Waals surface area contributed by atoms with Gasteiger partial charge in [-0.15, -0.1) is 0 Å². The van der Waals surface area contributed by atoms with Gasteiger partial charge in [-0.25, -0.2) is 12.8 Å². The monoisotopic (exact) mass is 378 g/mol. The van der Waals surface area contributed by atoms with E-state index in [2.05, 4.69) is 12.2 Å². The van der Waals surface area contributed by atoms with Crippen molar-refractivity contribution in [3.8, 4) is 0 Å². The van der Waals surface area contributed by atoms with Crippen molar-refractivity contribution < 1.29 is 17.6 Å². The lowest BCUT2D eigenvalue weighted by Gasteiger charge is -2.23. The molecule has 26 heavy (non-hydrogen) atoms. The maximum absolute atomic E-state index is 13.1. The third kappa shape index (κ3) is 5.29. The molecule has 0 aliphatic carbocycles. The van der Waals surface area contributed by atoms with Crippen LogP contribution in [0.5, 0.6) is 0 Å². The van der Waals surface area contributed by atoms with Crippen LogP contribution in [0, 0.1) is 5.82 Å². The minimum Gasteiger partial charge on any atom is -0.348 e. The molecule has 2 aromatic rings. The number of carbonyl (C=O) groups excluding carboxylic acids is 1. The van der Waals surface area contributed by atoms with Gasteiger partial charge in [0.15, 0.2) is 0 Å². The fourth-order valence-electron chi connectivity index (χ4n) is 2.55. The van der Waals surface area contributed by atoms with Crippen LogP contribution in [0.1, 0.15) is 31.0 Å². The Morgan fingerprint density at radius 3 is 2.19 bits per heavy atom. The van der Waals surface area contributed by atoms with E-state index in [4.69, 9.17) is 0 Å². The van der Waals surface area contributed by atoms with Crippen LogP contribution in [-0.2, 0) is 21.2 Å². The van der Waals surface area contributed by atoms with E-state index in [9.17, 15) is 17.6 Å². The normalized spacial score (nSPS) is 12.5. The molecule has 0 radical (unpaired) electrons. The molecular weight excluding hydrogens is 355 g/mol. The van der Waals surface area contributed by atoms with Crippen molar-refractivity contribution in [1.82, 2.24) is 5.32 Å². The molecule has 2 aromatic carbocycles. The van der Waals surface area contributed by atoms with Crippen LogP contribution in [0.15, 0.2) is 48.5 Å². The Balaban J connectivity index is 2.10. The van der Waals surface area contributed by atoms with Gasteiger partial charge in [0, 0.05) is 0 Å². The standard InChI is InChI=1S/C19H23FN2O3S/c1-4-15-5-7-16(8-6-15)14(2)21-19(23)13-22(26(3,24)25)18-11-9-17(20)10-12-18/h5-12,14H,4,13H2,1-3H3,(H,21,23). The molecule has 0 aliphatic rings. The van der Waals surface area contributed by atoms with E-state index in [1.807, 2.05) is 31.2 Å². The Morgan fingerprint density at radius 2 is 1.69 bits per heavy atom. The summed E-state index contributed by atoms with van der Waals surface area (Å²) in [5, 5.41) is 2.80. The number of hydrogen-bond acceptors (Lipinski definition) is 3. The maximum Gasteiger partial charge on any atom is 0.241 e. The van der Waals surface area contributed by atoms with Crippen LogP contribution >= 0.6 is 0 Å². The van der Waals surface area contributed by atoms with E-state index >= 15 is 0 Å². The van der Waals surface area contributed by atoms with Crippen molar-refractivity contribution >= 4 is 21.6 Å². The van der Waals surface area contributed by atoms with Gasteiger partial charge < -0.3 is 5.32 Å². The molecule has 1 unspecified atom stereocenters. The third-order valence-electron chi connectivity index (χ3n) is 4.07. The SMILES string of the molecule is CCc1ccc(C(C)NC(=O)CN(c2ccc(F)cc2)S(C)(=O)=O)cc1. The number of aryl methyl sites for hydroxylation is 1. The summed E-state index contributed by atoms with van der Waals surface area (Å²) < 4.78 is 38.1. The molecule has 5 nitrogen and oxygen atoms in total. The molecular formula is C19H23FN2O3S. The Bertz CT molecular complexity index is 849. The van der Waals surface area contributed by atoms with Crippen LogP contribution in [0.2, 0.25) is 0 Å². The molecule has 0 spiro atoms. The number of halogens is 1. The topological polar surface area (TPSA) is 66.5 Å². The first kappa shape index (κ1) is 19.9. The number of nitrogens with zero attached hydrogens (tertiary/aromatic N) is 1. The molecule has 1 N–H and O–H groups in total. The third-order valence-corrected chi connectivity index (χ3v) is 5.21. The summed E-state index contributed by atoms with van der Waals surface area (Å²) in [6, 6.07) is 12.6. The van der Waals surface area contributed by atoms with Gasteiger partial charge in [-0.05, 0) is 48.7 Å². The smallest absolute Gasteiger partial charge is 0.241 e. The van der Waals surface area contributed by atoms with Crippen molar-refractivity contribution in [3.05, 3.63) is 65.5 Å². The second-order valence-electron chi connectivity index (χ2n) is 6.13. The second-order valence-corrected chi connectivity index (χ2v) is 8.04. The highest BCUT2D eigenvalue weighted by Gasteiger charge is 2.22. The predicted molar refractivity (Wildman–Crippen MR) is 101 cm³/mol. The largest absolute Gasteiger partial charge is 0.348 e. The fourth-order valence-corrected chi connectivity index (χ4v) is 3.41. The lowest BCUT2D eigenvalue weighted by Crippen LogP contribution is -2.41. The summed E-state index contributed by atoms with van der Waals surface area (Å²) in [5.74, 6) is -0.914. The number of hydrogen-bond donors (Lipinski definition) is 1. The van der Waals surface area contributed by atoms with Crippen LogP contribution in [0.3, 0.4) is 0 Å². The van der Waals surface area contributed by atoms with Gasteiger partial charge in [-0.3, -0.25) is 9.10 Å². The molecule has 140 valence electrons. The predicted octanol–water partition coefficient (Wildman–Crippen LogP) is 3.03. The molecule has 7 heteroatoms. The summed E-state index contributed by atoms with van der Waals surface area (Å²) in [7, 11) is -3.69. The summed E-state index contributed by atoms with van der Waals surface area (Å²) in [5.41, 5.74) is 2.37. The summed E-state index contributed by atoms with van der Waals surface area (Å²) in [4.78, 5) is 12.4. The number of amides is 1. The molecule has 0 saturated carbocycles. The van der Waals surface area contributed by atoms with Gasteiger partial charge in [0.2, 0.25) is 15.9 Å². The molecule has 0 fully saturated rings. The quantitative estimate of drug-likeness (QED) is 0.805. The first-order valence-electron chi connectivity index (χ1n) is 8.32. The number of rotatable bonds is 7.